The Hall–Kier alpha value is -3.46. The predicted octanol–water partition coefficient (Wildman–Crippen LogP) is 2.96. The summed E-state index contributed by atoms with van der Waals surface area (Å²) in [6.45, 7) is 4.22. The summed E-state index contributed by atoms with van der Waals surface area (Å²) in [7, 11) is 0. The maximum Gasteiger partial charge on any atom is 0.329 e. The Bertz CT molecular complexity index is 832. The van der Waals surface area contributed by atoms with Gasteiger partial charge in [-0.2, -0.15) is 10.4 Å². The lowest BCUT2D eigenvalue weighted by Gasteiger charge is -2.05. The molecule has 2 aromatic carbocycles. The van der Waals surface area contributed by atoms with E-state index >= 15 is 0 Å². The molecule has 132 valence electrons. The van der Waals surface area contributed by atoms with Crippen LogP contribution in [0.3, 0.4) is 0 Å². The largest absolute Gasteiger partial charge is 0.329 e. The van der Waals surface area contributed by atoms with E-state index in [1.165, 1.54) is 11.8 Å². The Balaban J connectivity index is 1.86. The zero-order chi connectivity index (χ0) is 18.9. The molecule has 6 heteroatoms. The lowest BCUT2D eigenvalue weighted by Crippen LogP contribution is -2.32. The average molecular weight is 348 g/mol. The number of hydrazone groups is 1. The van der Waals surface area contributed by atoms with Crippen molar-refractivity contribution < 1.29 is 9.59 Å². The number of nitrogens with one attached hydrogen (secondary N) is 2. The zero-order valence-electron chi connectivity index (χ0n) is 14.7. The van der Waals surface area contributed by atoms with E-state index in [0.717, 1.165) is 11.1 Å². The van der Waals surface area contributed by atoms with Crippen LogP contribution in [0.2, 0.25) is 0 Å². The van der Waals surface area contributed by atoms with Gasteiger partial charge in [-0.1, -0.05) is 50.2 Å². The summed E-state index contributed by atoms with van der Waals surface area (Å²) in [5.74, 6) is -1.23. The number of benzene rings is 2. The molecule has 6 nitrogen and oxygen atoms in total. The first-order valence-corrected chi connectivity index (χ1v) is 8.20. The highest BCUT2D eigenvalue weighted by molar-refractivity contribution is 6.39. The molecule has 26 heavy (non-hydrogen) atoms. The smallest absolute Gasteiger partial charge is 0.318 e. The van der Waals surface area contributed by atoms with Crippen molar-refractivity contribution in [3.05, 3.63) is 65.2 Å². The molecule has 0 spiro atoms. The van der Waals surface area contributed by atoms with Crippen LogP contribution in [-0.2, 0) is 16.0 Å². The van der Waals surface area contributed by atoms with Crippen LogP contribution in [0.1, 0.15) is 36.5 Å². The van der Waals surface area contributed by atoms with Gasteiger partial charge in [0.25, 0.3) is 0 Å². The molecular formula is C20H20N4O2. The van der Waals surface area contributed by atoms with E-state index in [-0.39, 0.29) is 0 Å². The summed E-state index contributed by atoms with van der Waals surface area (Å²) in [6, 6.07) is 16.5. The summed E-state index contributed by atoms with van der Waals surface area (Å²) in [5.41, 5.74) is 5.54. The Morgan fingerprint density at radius 1 is 1.08 bits per heavy atom. The minimum Gasteiger partial charge on any atom is -0.318 e. The third kappa shape index (κ3) is 5.56. The molecule has 0 saturated carbocycles. The number of nitrogens with zero attached hydrogens (tertiary/aromatic N) is 2. The van der Waals surface area contributed by atoms with Gasteiger partial charge in [0.05, 0.1) is 18.7 Å². The van der Waals surface area contributed by atoms with Crippen LogP contribution >= 0.6 is 0 Å². The highest BCUT2D eigenvalue weighted by Crippen LogP contribution is 2.13. The van der Waals surface area contributed by atoms with Crippen LogP contribution in [0, 0.1) is 11.3 Å². The maximum absolute atomic E-state index is 11.8. The number of anilines is 1. The SMILES string of the molecule is CC(C)c1ccc(/C=N/NC(=O)C(=O)Nc2ccc(CC#N)cc2)cc1. The van der Waals surface area contributed by atoms with Gasteiger partial charge in [-0.05, 0) is 34.7 Å². The highest BCUT2D eigenvalue weighted by Gasteiger charge is 2.12. The van der Waals surface area contributed by atoms with E-state index in [9.17, 15) is 9.59 Å². The van der Waals surface area contributed by atoms with Crippen LogP contribution < -0.4 is 10.7 Å². The van der Waals surface area contributed by atoms with Gasteiger partial charge in [0.2, 0.25) is 0 Å². The minimum atomic E-state index is -0.860. The number of carbonyl (C=O) groups is 2. The average Bonchev–Trinajstić information content (AvgIpc) is 2.64. The number of hydrogen-bond donors (Lipinski definition) is 2. The molecule has 2 aromatic rings. The number of carbonyl (C=O) groups excluding carboxylic acids is 2. The minimum absolute atomic E-state index is 0.293. The molecule has 0 aromatic heterocycles. The Morgan fingerprint density at radius 3 is 2.31 bits per heavy atom. The van der Waals surface area contributed by atoms with E-state index in [4.69, 9.17) is 5.26 Å². The fraction of sp³-hybridized carbons (Fsp3) is 0.200. The number of hydrogen-bond acceptors (Lipinski definition) is 4. The maximum atomic E-state index is 11.8. The van der Waals surface area contributed by atoms with Gasteiger partial charge in [-0.3, -0.25) is 9.59 Å². The van der Waals surface area contributed by atoms with E-state index in [2.05, 4.69) is 29.7 Å². The quantitative estimate of drug-likeness (QED) is 0.494. The molecule has 0 aliphatic heterocycles. The van der Waals surface area contributed by atoms with Gasteiger partial charge in [-0.15, -0.1) is 0 Å². The molecule has 0 unspecified atom stereocenters. The third-order valence-corrected chi connectivity index (χ3v) is 3.68. The second-order valence-electron chi connectivity index (χ2n) is 6.01. The van der Waals surface area contributed by atoms with Crippen LogP contribution in [-0.4, -0.2) is 18.0 Å². The molecular weight excluding hydrogens is 328 g/mol. The molecule has 2 amide bonds. The molecule has 0 heterocycles. The van der Waals surface area contributed by atoms with Crippen molar-refractivity contribution >= 4 is 23.7 Å². The highest BCUT2D eigenvalue weighted by atomic mass is 16.2. The number of nitriles is 1. The summed E-state index contributed by atoms with van der Waals surface area (Å²) in [5, 5.41) is 14.9. The van der Waals surface area contributed by atoms with Gasteiger partial charge < -0.3 is 5.32 Å². The van der Waals surface area contributed by atoms with E-state index in [1.54, 1.807) is 24.3 Å². The molecule has 0 fully saturated rings. The van der Waals surface area contributed by atoms with Crippen molar-refractivity contribution in [3.8, 4) is 6.07 Å². The monoisotopic (exact) mass is 348 g/mol. The van der Waals surface area contributed by atoms with Crippen molar-refractivity contribution in [2.45, 2.75) is 26.2 Å². The van der Waals surface area contributed by atoms with Crippen molar-refractivity contribution in [2.75, 3.05) is 5.32 Å². The molecule has 0 saturated heterocycles. The predicted molar refractivity (Wildman–Crippen MR) is 101 cm³/mol. The first-order valence-electron chi connectivity index (χ1n) is 8.20. The molecule has 0 aliphatic rings. The summed E-state index contributed by atoms with van der Waals surface area (Å²) in [6.07, 6.45) is 1.77. The van der Waals surface area contributed by atoms with Crippen LogP contribution in [0.4, 0.5) is 5.69 Å². The Kier molecular flexibility index (Phi) is 6.63. The second kappa shape index (κ2) is 9.14. The van der Waals surface area contributed by atoms with Gasteiger partial charge >= 0.3 is 11.8 Å². The summed E-state index contributed by atoms with van der Waals surface area (Å²) in [4.78, 5) is 23.6. The van der Waals surface area contributed by atoms with Crippen molar-refractivity contribution in [3.63, 3.8) is 0 Å². The van der Waals surface area contributed by atoms with Gasteiger partial charge in [0, 0.05) is 5.69 Å². The van der Waals surface area contributed by atoms with Crippen LogP contribution in [0.25, 0.3) is 0 Å². The lowest BCUT2D eigenvalue weighted by atomic mass is 10.0. The fourth-order valence-corrected chi connectivity index (χ4v) is 2.17. The normalized spacial score (nSPS) is 10.5. The second-order valence-corrected chi connectivity index (χ2v) is 6.01. The van der Waals surface area contributed by atoms with Crippen LogP contribution in [0.15, 0.2) is 53.6 Å². The molecule has 2 rings (SSSR count). The topological polar surface area (TPSA) is 94.3 Å². The first-order chi connectivity index (χ1) is 12.5. The van der Waals surface area contributed by atoms with Gasteiger partial charge in [0.15, 0.2) is 0 Å². The number of amides is 2. The molecule has 0 radical (unpaired) electrons. The van der Waals surface area contributed by atoms with Gasteiger partial charge in [-0.25, -0.2) is 5.43 Å². The Morgan fingerprint density at radius 2 is 1.73 bits per heavy atom. The van der Waals surface area contributed by atoms with E-state index in [1.807, 2.05) is 30.3 Å². The standard InChI is InChI=1S/C20H20N4O2/c1-14(2)17-7-3-16(4-8-17)13-22-24-20(26)19(25)23-18-9-5-15(6-10-18)11-12-21/h3-10,13-14H,11H2,1-2H3,(H,23,25)(H,24,26)/b22-13+. The summed E-state index contributed by atoms with van der Waals surface area (Å²) < 4.78 is 0. The third-order valence-electron chi connectivity index (χ3n) is 3.68. The van der Waals surface area contributed by atoms with Crippen LogP contribution in [0.5, 0.6) is 0 Å². The van der Waals surface area contributed by atoms with E-state index < -0.39 is 11.8 Å². The fourth-order valence-electron chi connectivity index (χ4n) is 2.17. The van der Waals surface area contributed by atoms with Crippen molar-refractivity contribution in [1.29, 1.82) is 5.26 Å². The zero-order valence-corrected chi connectivity index (χ0v) is 14.7. The van der Waals surface area contributed by atoms with Crippen molar-refractivity contribution in [1.82, 2.24) is 5.43 Å². The Labute approximate surface area is 152 Å². The summed E-state index contributed by atoms with van der Waals surface area (Å²) >= 11 is 0. The van der Waals surface area contributed by atoms with Crippen molar-refractivity contribution in [2.24, 2.45) is 5.10 Å². The van der Waals surface area contributed by atoms with Gasteiger partial charge in [0.1, 0.15) is 0 Å². The number of rotatable bonds is 5. The molecule has 0 bridgehead atoms. The molecule has 0 aliphatic carbocycles. The lowest BCUT2D eigenvalue weighted by molar-refractivity contribution is -0.136. The van der Waals surface area contributed by atoms with E-state index in [0.29, 0.717) is 18.0 Å². The first kappa shape index (κ1) is 18.9. The molecule has 0 atom stereocenters. The molecule has 2 N–H and O–H groups in total.